The molecule has 0 atom stereocenters. The van der Waals surface area contributed by atoms with Crippen LogP contribution in [-0.4, -0.2) is 32.7 Å². The fourth-order valence-corrected chi connectivity index (χ4v) is 2.42. The number of nitrogens with zero attached hydrogens (tertiary/aromatic N) is 1. The van der Waals surface area contributed by atoms with Crippen LogP contribution in [0.1, 0.15) is 11.1 Å². The number of nitrogens with one attached hydrogen (secondary N) is 1. The molecule has 10 heteroatoms. The van der Waals surface area contributed by atoms with Crippen LogP contribution < -0.4 is 14.8 Å². The highest BCUT2D eigenvalue weighted by molar-refractivity contribution is 5.97. The molecule has 1 amide bonds. The molecule has 0 fully saturated rings. The predicted octanol–water partition coefficient (Wildman–Crippen LogP) is 3.81. The minimum absolute atomic E-state index is 0.0253. The van der Waals surface area contributed by atoms with Crippen molar-refractivity contribution in [2.45, 2.75) is 6.18 Å². The van der Waals surface area contributed by atoms with Crippen LogP contribution in [-0.2, 0) is 20.5 Å². The van der Waals surface area contributed by atoms with Crippen LogP contribution in [0.15, 0.2) is 48.0 Å². The normalized spacial score (nSPS) is 11.3. The maximum Gasteiger partial charge on any atom is 0.416 e. The number of hydrogen-bond donors (Lipinski definition) is 1. The highest BCUT2D eigenvalue weighted by atomic mass is 19.4. The molecule has 0 bridgehead atoms. The van der Waals surface area contributed by atoms with Gasteiger partial charge in [-0.15, -0.1) is 0 Å². The van der Waals surface area contributed by atoms with Gasteiger partial charge in [-0.25, -0.2) is 4.79 Å². The molecule has 1 N–H and O–H groups in total. The highest BCUT2D eigenvalue weighted by Crippen LogP contribution is 2.31. The van der Waals surface area contributed by atoms with Crippen LogP contribution >= 0.6 is 0 Å². The van der Waals surface area contributed by atoms with E-state index < -0.39 is 30.2 Å². The van der Waals surface area contributed by atoms with Crippen molar-refractivity contribution >= 4 is 23.6 Å². The lowest BCUT2D eigenvalue weighted by Crippen LogP contribution is -2.20. The summed E-state index contributed by atoms with van der Waals surface area (Å²) in [4.78, 5) is 23.5. The number of anilines is 1. The van der Waals surface area contributed by atoms with Crippen LogP contribution in [0.3, 0.4) is 0 Å². The number of carbonyl (C=O) groups excluding carboxylic acids is 2. The number of benzene rings is 2. The third-order valence-electron chi connectivity index (χ3n) is 3.86. The number of amides is 1. The Bertz CT molecular complexity index is 1040. The fourth-order valence-electron chi connectivity index (χ4n) is 2.42. The van der Waals surface area contributed by atoms with Crippen molar-refractivity contribution in [2.75, 3.05) is 26.1 Å². The molecule has 0 aliphatic heterocycles. The van der Waals surface area contributed by atoms with E-state index >= 15 is 0 Å². The summed E-state index contributed by atoms with van der Waals surface area (Å²) in [6.07, 6.45) is -3.24. The van der Waals surface area contributed by atoms with Crippen LogP contribution in [0.25, 0.3) is 6.08 Å². The lowest BCUT2D eigenvalue weighted by Gasteiger charge is -2.12. The van der Waals surface area contributed by atoms with E-state index in [-0.39, 0.29) is 22.8 Å². The van der Waals surface area contributed by atoms with Crippen molar-refractivity contribution in [1.82, 2.24) is 0 Å². The topological polar surface area (TPSA) is 97.7 Å². The van der Waals surface area contributed by atoms with Crippen molar-refractivity contribution in [3.63, 3.8) is 0 Å². The number of methoxy groups -OCH3 is 2. The Hall–Kier alpha value is -4.00. The van der Waals surface area contributed by atoms with Gasteiger partial charge in [0.1, 0.15) is 11.6 Å². The van der Waals surface area contributed by atoms with E-state index in [1.165, 1.54) is 43.5 Å². The number of nitriles is 1. The van der Waals surface area contributed by atoms with Crippen molar-refractivity contribution in [3.8, 4) is 17.6 Å². The largest absolute Gasteiger partial charge is 0.493 e. The average Bonchev–Trinajstić information content (AvgIpc) is 2.75. The van der Waals surface area contributed by atoms with Crippen LogP contribution in [0, 0.1) is 11.3 Å². The Morgan fingerprint density at radius 2 is 1.87 bits per heavy atom. The van der Waals surface area contributed by atoms with E-state index in [9.17, 15) is 22.8 Å². The lowest BCUT2D eigenvalue weighted by molar-refractivity contribution is -0.137. The summed E-state index contributed by atoms with van der Waals surface area (Å²) < 4.78 is 53.3. The van der Waals surface area contributed by atoms with E-state index in [4.69, 9.17) is 14.7 Å². The van der Waals surface area contributed by atoms with Gasteiger partial charge in [0.05, 0.1) is 19.8 Å². The van der Waals surface area contributed by atoms with Gasteiger partial charge in [-0.1, -0.05) is 12.1 Å². The second-order valence-corrected chi connectivity index (χ2v) is 5.99. The fraction of sp³-hybridized carbons (Fsp3) is 0.190. The van der Waals surface area contributed by atoms with Gasteiger partial charge in [0.2, 0.25) is 0 Å². The van der Waals surface area contributed by atoms with Crippen molar-refractivity contribution in [1.29, 1.82) is 5.26 Å². The number of carbonyl (C=O) groups is 2. The molecule has 0 unspecified atom stereocenters. The number of rotatable bonds is 7. The minimum atomic E-state index is -4.53. The number of hydrogen-bond acceptors (Lipinski definition) is 6. The molecule has 2 rings (SSSR count). The Morgan fingerprint density at radius 1 is 1.13 bits per heavy atom. The van der Waals surface area contributed by atoms with E-state index in [0.29, 0.717) is 5.56 Å². The monoisotopic (exact) mass is 434 g/mol. The second-order valence-electron chi connectivity index (χ2n) is 5.99. The van der Waals surface area contributed by atoms with Gasteiger partial charge in [0.25, 0.3) is 5.91 Å². The smallest absolute Gasteiger partial charge is 0.416 e. The Kier molecular flexibility index (Phi) is 7.63. The zero-order chi connectivity index (χ0) is 23.0. The Labute approximate surface area is 175 Å². The number of ether oxygens (including phenoxy) is 3. The molecule has 2 aromatic carbocycles. The van der Waals surface area contributed by atoms with Gasteiger partial charge >= 0.3 is 12.1 Å². The average molecular weight is 434 g/mol. The van der Waals surface area contributed by atoms with E-state index in [2.05, 4.69) is 10.1 Å². The highest BCUT2D eigenvalue weighted by Gasteiger charge is 2.30. The maximum absolute atomic E-state index is 12.8. The zero-order valence-corrected chi connectivity index (χ0v) is 16.4. The molecule has 0 heterocycles. The first-order valence-electron chi connectivity index (χ1n) is 8.66. The molecule has 0 spiro atoms. The zero-order valence-electron chi connectivity index (χ0n) is 16.4. The molecule has 31 heavy (non-hydrogen) atoms. The summed E-state index contributed by atoms with van der Waals surface area (Å²) in [7, 11) is 2.50. The summed E-state index contributed by atoms with van der Waals surface area (Å²) in [6.45, 7) is -0.493. The minimum Gasteiger partial charge on any atom is -0.493 e. The van der Waals surface area contributed by atoms with Gasteiger partial charge in [-0.2, -0.15) is 18.4 Å². The molecule has 7 nitrogen and oxygen atoms in total. The Morgan fingerprint density at radius 3 is 2.48 bits per heavy atom. The number of alkyl halides is 3. The summed E-state index contributed by atoms with van der Waals surface area (Å²) >= 11 is 0. The summed E-state index contributed by atoms with van der Waals surface area (Å²) in [5.41, 5.74) is -0.693. The summed E-state index contributed by atoms with van der Waals surface area (Å²) in [5, 5.41) is 11.3. The van der Waals surface area contributed by atoms with E-state index in [1.807, 2.05) is 0 Å². The first kappa shape index (κ1) is 23.3. The van der Waals surface area contributed by atoms with Gasteiger partial charge < -0.3 is 19.5 Å². The van der Waals surface area contributed by atoms with Crippen molar-refractivity contribution in [2.24, 2.45) is 0 Å². The van der Waals surface area contributed by atoms with Gasteiger partial charge in [-0.05, 0) is 42.0 Å². The molecule has 0 aliphatic rings. The summed E-state index contributed by atoms with van der Waals surface area (Å²) in [5.74, 6) is -1.09. The standard InChI is InChI=1S/C21H17F3N2O5/c1-29-18-9-13(8-14(11-25)20(28)30-2)6-7-17(18)31-12-19(27)26-16-5-3-4-15(10-16)21(22,23)24/h3-10H,12H2,1-2H3,(H,26,27)/b14-8-. The van der Waals surface area contributed by atoms with Gasteiger partial charge in [-0.3, -0.25) is 4.79 Å². The van der Waals surface area contributed by atoms with Gasteiger partial charge in [0.15, 0.2) is 18.1 Å². The molecule has 0 radical (unpaired) electrons. The molecule has 162 valence electrons. The molecule has 0 saturated heterocycles. The van der Waals surface area contributed by atoms with Crippen LogP contribution in [0.5, 0.6) is 11.5 Å². The predicted molar refractivity (Wildman–Crippen MR) is 104 cm³/mol. The molecular formula is C21H17F3N2O5. The van der Waals surface area contributed by atoms with Crippen molar-refractivity contribution < 1.29 is 37.0 Å². The van der Waals surface area contributed by atoms with Crippen LogP contribution in [0.2, 0.25) is 0 Å². The second kappa shape index (κ2) is 10.2. The van der Waals surface area contributed by atoms with Crippen LogP contribution in [0.4, 0.5) is 18.9 Å². The first-order chi connectivity index (χ1) is 14.7. The number of esters is 1. The first-order valence-corrected chi connectivity index (χ1v) is 8.66. The molecule has 2 aromatic rings. The molecular weight excluding hydrogens is 417 g/mol. The Balaban J connectivity index is 2.08. The van der Waals surface area contributed by atoms with Gasteiger partial charge in [0, 0.05) is 5.69 Å². The van der Waals surface area contributed by atoms with Crippen molar-refractivity contribution in [3.05, 3.63) is 59.2 Å². The molecule has 0 aromatic heterocycles. The third-order valence-corrected chi connectivity index (χ3v) is 3.86. The summed E-state index contributed by atoms with van der Waals surface area (Å²) in [6, 6.07) is 10.4. The lowest BCUT2D eigenvalue weighted by atomic mass is 10.1. The molecule has 0 saturated carbocycles. The van der Waals surface area contributed by atoms with E-state index in [0.717, 1.165) is 19.2 Å². The SMILES string of the molecule is COC(=O)/C(C#N)=C\c1ccc(OCC(=O)Nc2cccc(C(F)(F)F)c2)c(OC)c1. The molecule has 0 aliphatic carbocycles. The quantitative estimate of drug-likeness (QED) is 0.404. The maximum atomic E-state index is 12.8. The number of halogens is 3. The van der Waals surface area contributed by atoms with E-state index in [1.54, 1.807) is 6.07 Å². The third kappa shape index (κ3) is 6.50.